The summed E-state index contributed by atoms with van der Waals surface area (Å²) >= 11 is 0. The highest BCUT2D eigenvalue weighted by molar-refractivity contribution is 5.58. The molecule has 2 rings (SSSR count). The van der Waals surface area contributed by atoms with Crippen LogP contribution in [0.25, 0.3) is 0 Å². The Morgan fingerprint density at radius 2 is 1.82 bits per heavy atom. The summed E-state index contributed by atoms with van der Waals surface area (Å²) in [5.74, 6) is 0.801. The van der Waals surface area contributed by atoms with Gasteiger partial charge < -0.3 is 10.1 Å². The molecule has 1 aromatic carbocycles. The molecule has 1 atom stereocenters. The van der Waals surface area contributed by atoms with Crippen molar-refractivity contribution in [3.8, 4) is 0 Å². The molecule has 17 heavy (non-hydrogen) atoms. The summed E-state index contributed by atoms with van der Waals surface area (Å²) in [5, 5.41) is 3.68. The van der Waals surface area contributed by atoms with E-state index in [2.05, 4.69) is 38.2 Å². The average Bonchev–Trinajstić information content (AvgIpc) is 3.05. The molecule has 0 amide bonds. The number of benzene rings is 1. The lowest BCUT2D eigenvalue weighted by Gasteiger charge is -2.22. The molecule has 0 aromatic heterocycles. The van der Waals surface area contributed by atoms with Gasteiger partial charge in [0, 0.05) is 12.8 Å². The molecule has 1 fully saturated rings. The summed E-state index contributed by atoms with van der Waals surface area (Å²) in [5.41, 5.74) is 5.30. The zero-order valence-corrected chi connectivity index (χ0v) is 11.3. The zero-order chi connectivity index (χ0) is 12.4. The number of hydrogen-bond acceptors (Lipinski definition) is 2. The summed E-state index contributed by atoms with van der Waals surface area (Å²) in [7, 11) is 1.78. The minimum Gasteiger partial charge on any atom is -0.383 e. The monoisotopic (exact) mass is 233 g/mol. The van der Waals surface area contributed by atoms with Gasteiger partial charge in [-0.3, -0.25) is 0 Å². The molecular formula is C15H23NO. The molecule has 0 heterocycles. The second kappa shape index (κ2) is 5.09. The van der Waals surface area contributed by atoms with Crippen LogP contribution < -0.4 is 5.32 Å². The third kappa shape index (κ3) is 3.01. The predicted octanol–water partition coefficient (Wildman–Crippen LogP) is 3.45. The Hall–Kier alpha value is -1.02. The maximum Gasteiger partial charge on any atom is 0.0666 e. The van der Waals surface area contributed by atoms with Gasteiger partial charge in [-0.1, -0.05) is 17.7 Å². The van der Waals surface area contributed by atoms with E-state index in [0.29, 0.717) is 6.04 Å². The smallest absolute Gasteiger partial charge is 0.0666 e. The summed E-state index contributed by atoms with van der Waals surface area (Å²) in [6.45, 7) is 7.31. The Morgan fingerprint density at radius 1 is 1.24 bits per heavy atom. The van der Waals surface area contributed by atoms with Crippen LogP contribution in [-0.4, -0.2) is 19.8 Å². The van der Waals surface area contributed by atoms with Crippen LogP contribution in [0.15, 0.2) is 12.1 Å². The Balaban J connectivity index is 2.16. The molecule has 2 nitrogen and oxygen atoms in total. The van der Waals surface area contributed by atoms with Crippen molar-refractivity contribution in [2.45, 2.75) is 39.7 Å². The van der Waals surface area contributed by atoms with E-state index < -0.39 is 0 Å². The number of ether oxygens (including phenoxy) is 1. The van der Waals surface area contributed by atoms with Crippen LogP contribution in [0.3, 0.4) is 0 Å². The standard InChI is InChI=1S/C15H23NO/c1-10-7-11(2)15(12(3)8-10)16-14(9-17-4)13-5-6-13/h7-8,13-14,16H,5-6,9H2,1-4H3. The number of rotatable bonds is 5. The molecule has 1 aromatic rings. The number of aryl methyl sites for hydroxylation is 3. The molecule has 1 saturated carbocycles. The Kier molecular flexibility index (Phi) is 3.72. The van der Waals surface area contributed by atoms with E-state index in [0.717, 1.165) is 12.5 Å². The van der Waals surface area contributed by atoms with E-state index in [9.17, 15) is 0 Å². The van der Waals surface area contributed by atoms with E-state index in [1.54, 1.807) is 7.11 Å². The van der Waals surface area contributed by atoms with Gasteiger partial charge in [-0.05, 0) is 50.7 Å². The topological polar surface area (TPSA) is 21.3 Å². The third-order valence-corrected chi connectivity index (χ3v) is 3.54. The van der Waals surface area contributed by atoms with Gasteiger partial charge in [0.1, 0.15) is 0 Å². The van der Waals surface area contributed by atoms with Gasteiger partial charge in [-0.15, -0.1) is 0 Å². The molecule has 2 heteroatoms. The molecule has 1 aliphatic carbocycles. The molecule has 1 aliphatic rings. The van der Waals surface area contributed by atoms with Crippen LogP contribution >= 0.6 is 0 Å². The lowest BCUT2D eigenvalue weighted by molar-refractivity contribution is 0.179. The van der Waals surface area contributed by atoms with Gasteiger partial charge in [0.2, 0.25) is 0 Å². The number of nitrogens with one attached hydrogen (secondary N) is 1. The van der Waals surface area contributed by atoms with Gasteiger partial charge in [0.25, 0.3) is 0 Å². The van der Waals surface area contributed by atoms with Crippen LogP contribution in [0.1, 0.15) is 29.5 Å². The maximum absolute atomic E-state index is 5.32. The third-order valence-electron chi connectivity index (χ3n) is 3.54. The Morgan fingerprint density at radius 3 is 2.29 bits per heavy atom. The first-order valence-corrected chi connectivity index (χ1v) is 6.45. The summed E-state index contributed by atoms with van der Waals surface area (Å²) < 4.78 is 5.32. The summed E-state index contributed by atoms with van der Waals surface area (Å²) in [4.78, 5) is 0. The van der Waals surface area contributed by atoms with E-state index in [1.165, 1.54) is 35.2 Å². The first kappa shape index (κ1) is 12.4. The normalized spacial score (nSPS) is 16.9. The van der Waals surface area contributed by atoms with Crippen LogP contribution in [0.5, 0.6) is 0 Å². The fraction of sp³-hybridized carbons (Fsp3) is 0.600. The largest absolute Gasteiger partial charge is 0.383 e. The fourth-order valence-corrected chi connectivity index (χ4v) is 2.57. The van der Waals surface area contributed by atoms with Gasteiger partial charge in [-0.25, -0.2) is 0 Å². The molecule has 0 spiro atoms. The average molecular weight is 233 g/mol. The highest BCUT2D eigenvalue weighted by Crippen LogP contribution is 2.35. The fourth-order valence-electron chi connectivity index (χ4n) is 2.57. The quantitative estimate of drug-likeness (QED) is 0.841. The summed E-state index contributed by atoms with van der Waals surface area (Å²) in [6, 6.07) is 4.96. The lowest BCUT2D eigenvalue weighted by Crippen LogP contribution is -2.28. The maximum atomic E-state index is 5.32. The van der Waals surface area contributed by atoms with Gasteiger partial charge >= 0.3 is 0 Å². The van der Waals surface area contributed by atoms with Crippen molar-refractivity contribution in [3.05, 3.63) is 28.8 Å². The second-order valence-electron chi connectivity index (χ2n) is 5.32. The van der Waals surface area contributed by atoms with Gasteiger partial charge in [-0.2, -0.15) is 0 Å². The zero-order valence-electron chi connectivity index (χ0n) is 11.3. The predicted molar refractivity (Wildman–Crippen MR) is 72.7 cm³/mol. The van der Waals surface area contributed by atoms with Crippen LogP contribution in [0, 0.1) is 26.7 Å². The van der Waals surface area contributed by atoms with Crippen molar-refractivity contribution in [3.63, 3.8) is 0 Å². The van der Waals surface area contributed by atoms with Crippen molar-refractivity contribution in [1.82, 2.24) is 0 Å². The molecule has 94 valence electrons. The van der Waals surface area contributed by atoms with Crippen molar-refractivity contribution in [2.24, 2.45) is 5.92 Å². The Labute approximate surface area is 104 Å². The highest BCUT2D eigenvalue weighted by Gasteiger charge is 2.31. The van der Waals surface area contributed by atoms with E-state index in [4.69, 9.17) is 4.74 Å². The van der Waals surface area contributed by atoms with E-state index in [1.807, 2.05) is 0 Å². The minimum atomic E-state index is 0.472. The number of hydrogen-bond donors (Lipinski definition) is 1. The Bertz CT molecular complexity index is 373. The van der Waals surface area contributed by atoms with Crippen LogP contribution in [0.2, 0.25) is 0 Å². The van der Waals surface area contributed by atoms with Crippen LogP contribution in [-0.2, 0) is 4.74 Å². The molecule has 1 N–H and O–H groups in total. The molecular weight excluding hydrogens is 210 g/mol. The molecule has 0 bridgehead atoms. The first-order chi connectivity index (χ1) is 8.11. The van der Waals surface area contributed by atoms with Gasteiger partial charge in [0.05, 0.1) is 12.6 Å². The molecule has 0 radical (unpaired) electrons. The lowest BCUT2D eigenvalue weighted by atomic mass is 10.0. The highest BCUT2D eigenvalue weighted by atomic mass is 16.5. The van der Waals surface area contributed by atoms with Crippen molar-refractivity contribution in [2.75, 3.05) is 19.0 Å². The van der Waals surface area contributed by atoms with Gasteiger partial charge in [0.15, 0.2) is 0 Å². The number of anilines is 1. The first-order valence-electron chi connectivity index (χ1n) is 6.45. The van der Waals surface area contributed by atoms with E-state index in [-0.39, 0.29) is 0 Å². The molecule has 0 aliphatic heterocycles. The second-order valence-corrected chi connectivity index (χ2v) is 5.32. The van der Waals surface area contributed by atoms with Crippen molar-refractivity contribution in [1.29, 1.82) is 0 Å². The van der Waals surface area contributed by atoms with Crippen LogP contribution in [0.4, 0.5) is 5.69 Å². The molecule has 1 unspecified atom stereocenters. The summed E-state index contributed by atoms with van der Waals surface area (Å²) in [6.07, 6.45) is 2.68. The SMILES string of the molecule is COCC(Nc1c(C)cc(C)cc1C)C1CC1. The molecule has 0 saturated heterocycles. The minimum absolute atomic E-state index is 0.472. The number of methoxy groups -OCH3 is 1. The van der Waals surface area contributed by atoms with Crippen molar-refractivity contribution >= 4 is 5.69 Å². The van der Waals surface area contributed by atoms with Crippen molar-refractivity contribution < 1.29 is 4.74 Å². The van der Waals surface area contributed by atoms with E-state index >= 15 is 0 Å².